The summed E-state index contributed by atoms with van der Waals surface area (Å²) in [5.41, 5.74) is 1.26. The molecule has 1 atom stereocenters. The van der Waals surface area contributed by atoms with Gasteiger partial charge in [-0.3, -0.25) is 0 Å². The summed E-state index contributed by atoms with van der Waals surface area (Å²) in [4.78, 5) is 0. The van der Waals surface area contributed by atoms with Crippen LogP contribution in [0.2, 0.25) is 0 Å². The highest BCUT2D eigenvalue weighted by molar-refractivity contribution is 14.1. The molecule has 3 nitrogen and oxygen atoms in total. The van der Waals surface area contributed by atoms with E-state index in [0.717, 1.165) is 6.42 Å². The van der Waals surface area contributed by atoms with Crippen LogP contribution < -0.4 is 5.32 Å². The van der Waals surface area contributed by atoms with Crippen molar-refractivity contribution in [3.8, 4) is 0 Å². The maximum Gasteiger partial charge on any atom is 0.147 e. The Morgan fingerprint density at radius 2 is 2.25 bits per heavy atom. The maximum atomic E-state index is 11.0. The predicted octanol–water partition coefficient (Wildman–Crippen LogP) is 2.44. The van der Waals surface area contributed by atoms with Crippen molar-refractivity contribution in [2.24, 2.45) is 0 Å². The number of sulfone groups is 1. The molecule has 1 unspecified atom stereocenters. The van der Waals surface area contributed by atoms with E-state index >= 15 is 0 Å². The minimum atomic E-state index is -2.83. The maximum absolute atomic E-state index is 11.0. The molecule has 0 aromatic carbocycles. The molecule has 0 aliphatic rings. The van der Waals surface area contributed by atoms with E-state index in [2.05, 4.69) is 39.4 Å². The first kappa shape index (κ1) is 14.4. The summed E-state index contributed by atoms with van der Waals surface area (Å²) < 4.78 is 23.3. The number of hydrogen-bond acceptors (Lipinski definition) is 4. The molecule has 6 heteroatoms. The van der Waals surface area contributed by atoms with Crippen molar-refractivity contribution in [3.63, 3.8) is 0 Å². The smallest absolute Gasteiger partial charge is 0.147 e. The zero-order valence-corrected chi connectivity index (χ0v) is 13.2. The highest BCUT2D eigenvalue weighted by Crippen LogP contribution is 2.25. The molecular weight excluding hydrogens is 357 g/mol. The summed E-state index contributed by atoms with van der Waals surface area (Å²) in [6.45, 7) is 0. The molecule has 0 radical (unpaired) electrons. The lowest BCUT2D eigenvalue weighted by Crippen LogP contribution is -2.17. The topological polar surface area (TPSA) is 46.2 Å². The number of nitrogens with one attached hydrogen (secondary N) is 1. The largest absolute Gasteiger partial charge is 0.313 e. The molecule has 0 bridgehead atoms. The molecule has 0 aliphatic heterocycles. The van der Waals surface area contributed by atoms with Crippen LogP contribution in [0.4, 0.5) is 0 Å². The van der Waals surface area contributed by atoms with Gasteiger partial charge in [0.05, 0.1) is 2.88 Å². The lowest BCUT2D eigenvalue weighted by atomic mass is 10.1. The van der Waals surface area contributed by atoms with Crippen LogP contribution in [0.1, 0.15) is 24.4 Å². The standard InChI is InChI=1S/C10H16INO2S2/c1-12-9(4-3-5-16(2,13)14)8-6-10(11)15-7-8/h6-7,9,12H,3-5H2,1-2H3. The Kier molecular flexibility index (Phi) is 5.69. The van der Waals surface area contributed by atoms with E-state index in [0.29, 0.717) is 6.42 Å². The van der Waals surface area contributed by atoms with Crippen molar-refractivity contribution in [2.45, 2.75) is 18.9 Å². The lowest BCUT2D eigenvalue weighted by Gasteiger charge is -2.14. The lowest BCUT2D eigenvalue weighted by molar-refractivity contribution is 0.537. The van der Waals surface area contributed by atoms with Crippen LogP contribution in [0.15, 0.2) is 11.4 Å². The average molecular weight is 373 g/mol. The van der Waals surface area contributed by atoms with E-state index in [-0.39, 0.29) is 11.8 Å². The summed E-state index contributed by atoms with van der Waals surface area (Å²) in [6.07, 6.45) is 2.85. The summed E-state index contributed by atoms with van der Waals surface area (Å²) in [5, 5.41) is 5.35. The van der Waals surface area contributed by atoms with Crippen LogP contribution in [-0.2, 0) is 9.84 Å². The van der Waals surface area contributed by atoms with E-state index in [9.17, 15) is 8.42 Å². The van der Waals surface area contributed by atoms with Crippen LogP contribution in [-0.4, -0.2) is 27.5 Å². The summed E-state index contributed by atoms with van der Waals surface area (Å²) in [5.74, 6) is 0.270. The van der Waals surface area contributed by atoms with Gasteiger partial charge in [-0.15, -0.1) is 11.3 Å². The summed E-state index contributed by atoms with van der Waals surface area (Å²) in [7, 11) is -0.919. The second-order valence-electron chi connectivity index (χ2n) is 3.80. The third-order valence-electron chi connectivity index (χ3n) is 2.35. The van der Waals surface area contributed by atoms with E-state index in [1.54, 1.807) is 11.3 Å². The summed E-state index contributed by atoms with van der Waals surface area (Å²) in [6, 6.07) is 2.41. The second-order valence-corrected chi connectivity index (χ2v) is 8.86. The van der Waals surface area contributed by atoms with Crippen molar-refractivity contribution >= 4 is 43.8 Å². The molecule has 92 valence electrons. The fourth-order valence-electron chi connectivity index (χ4n) is 1.53. The van der Waals surface area contributed by atoms with E-state index in [4.69, 9.17) is 0 Å². The highest BCUT2D eigenvalue weighted by Gasteiger charge is 2.12. The van der Waals surface area contributed by atoms with Gasteiger partial charge < -0.3 is 5.32 Å². The SMILES string of the molecule is CNC(CCCS(C)(=O)=O)c1csc(I)c1. The number of rotatable bonds is 6. The Labute approximate surface area is 115 Å². The van der Waals surface area contributed by atoms with Gasteiger partial charge in [0.2, 0.25) is 0 Å². The molecule has 0 fully saturated rings. The molecule has 0 amide bonds. The predicted molar refractivity (Wildman–Crippen MR) is 77.8 cm³/mol. The second kappa shape index (κ2) is 6.32. The van der Waals surface area contributed by atoms with E-state index in [1.807, 2.05) is 7.05 Å². The summed E-state index contributed by atoms with van der Waals surface area (Å²) >= 11 is 4.01. The molecule has 1 rings (SSSR count). The normalized spacial score (nSPS) is 13.9. The molecule has 0 saturated carbocycles. The minimum Gasteiger partial charge on any atom is -0.313 e. The van der Waals surface area contributed by atoms with Gasteiger partial charge in [-0.1, -0.05) is 0 Å². The molecule has 1 aromatic rings. The molecule has 1 heterocycles. The molecule has 0 aliphatic carbocycles. The van der Waals surface area contributed by atoms with Crippen LogP contribution in [0.3, 0.4) is 0 Å². The van der Waals surface area contributed by atoms with Crippen molar-refractivity contribution < 1.29 is 8.42 Å². The van der Waals surface area contributed by atoms with Gasteiger partial charge in [0, 0.05) is 18.1 Å². The van der Waals surface area contributed by atoms with Crippen molar-refractivity contribution in [2.75, 3.05) is 19.1 Å². The fraction of sp³-hybridized carbons (Fsp3) is 0.600. The minimum absolute atomic E-state index is 0.265. The van der Waals surface area contributed by atoms with Crippen molar-refractivity contribution in [1.29, 1.82) is 0 Å². The molecule has 0 saturated heterocycles. The van der Waals surface area contributed by atoms with Gasteiger partial charge in [0.1, 0.15) is 9.84 Å². The third kappa shape index (κ3) is 5.11. The van der Waals surface area contributed by atoms with Crippen LogP contribution in [0.25, 0.3) is 0 Å². The van der Waals surface area contributed by atoms with Gasteiger partial charge >= 0.3 is 0 Å². The Hall–Kier alpha value is 0.340. The van der Waals surface area contributed by atoms with Gasteiger partial charge in [-0.2, -0.15) is 0 Å². The molecule has 16 heavy (non-hydrogen) atoms. The van der Waals surface area contributed by atoms with Crippen LogP contribution in [0.5, 0.6) is 0 Å². The molecule has 1 aromatic heterocycles. The number of hydrogen-bond donors (Lipinski definition) is 1. The van der Waals surface area contributed by atoms with Gasteiger partial charge in [0.25, 0.3) is 0 Å². The van der Waals surface area contributed by atoms with E-state index < -0.39 is 9.84 Å². The first-order chi connectivity index (χ1) is 7.42. The Bertz CT molecular complexity index is 428. The van der Waals surface area contributed by atoms with Gasteiger partial charge in [0.15, 0.2) is 0 Å². The fourth-order valence-corrected chi connectivity index (χ4v) is 3.65. The quantitative estimate of drug-likeness (QED) is 0.780. The monoisotopic (exact) mass is 373 g/mol. The van der Waals surface area contributed by atoms with E-state index in [1.165, 1.54) is 14.7 Å². The number of thiophene rings is 1. The molecular formula is C10H16INO2S2. The Balaban J connectivity index is 2.50. The third-order valence-corrected chi connectivity index (χ3v) is 5.18. The Morgan fingerprint density at radius 1 is 1.56 bits per heavy atom. The average Bonchev–Trinajstić information content (AvgIpc) is 2.58. The number of halogens is 1. The zero-order valence-electron chi connectivity index (χ0n) is 9.36. The van der Waals surface area contributed by atoms with Gasteiger partial charge in [-0.05, 0) is 59.5 Å². The highest BCUT2D eigenvalue weighted by atomic mass is 127. The van der Waals surface area contributed by atoms with Crippen molar-refractivity contribution in [1.82, 2.24) is 5.32 Å². The van der Waals surface area contributed by atoms with Crippen LogP contribution in [0, 0.1) is 2.88 Å². The first-order valence-corrected chi connectivity index (χ1v) is 9.03. The van der Waals surface area contributed by atoms with Crippen molar-refractivity contribution in [3.05, 3.63) is 19.9 Å². The van der Waals surface area contributed by atoms with Crippen LogP contribution >= 0.6 is 33.9 Å². The zero-order chi connectivity index (χ0) is 12.2. The first-order valence-electron chi connectivity index (χ1n) is 5.01. The molecule has 0 spiro atoms. The van der Waals surface area contributed by atoms with Gasteiger partial charge in [-0.25, -0.2) is 8.42 Å². The molecule has 1 N–H and O–H groups in total. The Morgan fingerprint density at radius 3 is 2.69 bits per heavy atom.